The molecule has 0 saturated carbocycles. The number of fused-ring (bicyclic) bond motifs is 2. The summed E-state index contributed by atoms with van der Waals surface area (Å²) >= 11 is 0. The van der Waals surface area contributed by atoms with E-state index in [0.717, 1.165) is 51.9 Å². The van der Waals surface area contributed by atoms with E-state index in [9.17, 15) is 9.59 Å². The maximum absolute atomic E-state index is 12.7. The van der Waals surface area contributed by atoms with E-state index in [1.54, 1.807) is 6.08 Å². The lowest BCUT2D eigenvalue weighted by molar-refractivity contribution is -0.142. The molecular formula is C23H36N4O2. The molecular weight excluding hydrogens is 364 g/mol. The lowest BCUT2D eigenvalue weighted by Crippen LogP contribution is -2.71. The van der Waals surface area contributed by atoms with Gasteiger partial charge in [0.1, 0.15) is 0 Å². The highest BCUT2D eigenvalue weighted by molar-refractivity contribution is 5.88. The van der Waals surface area contributed by atoms with Crippen molar-refractivity contribution < 1.29 is 9.59 Å². The summed E-state index contributed by atoms with van der Waals surface area (Å²) in [4.78, 5) is 33.8. The molecule has 6 nitrogen and oxygen atoms in total. The zero-order valence-electron chi connectivity index (χ0n) is 18.2. The molecule has 0 aromatic heterocycles. The molecule has 0 N–H and O–H groups in total. The monoisotopic (exact) mass is 400 g/mol. The minimum absolute atomic E-state index is 0.0634. The second-order valence-corrected chi connectivity index (χ2v) is 9.44. The third-order valence-electron chi connectivity index (χ3n) is 7.61. The van der Waals surface area contributed by atoms with Crippen molar-refractivity contribution in [2.75, 3.05) is 26.2 Å². The highest BCUT2D eigenvalue weighted by Gasteiger charge is 2.49. The predicted octanol–water partition coefficient (Wildman–Crippen LogP) is 1.88. The van der Waals surface area contributed by atoms with E-state index in [2.05, 4.69) is 48.1 Å². The van der Waals surface area contributed by atoms with E-state index in [4.69, 9.17) is 0 Å². The van der Waals surface area contributed by atoms with Gasteiger partial charge in [0.2, 0.25) is 11.8 Å². The number of hydrogen-bond acceptors (Lipinski definition) is 4. The van der Waals surface area contributed by atoms with Crippen LogP contribution in [0.15, 0.2) is 24.8 Å². The molecule has 5 unspecified atom stereocenters. The van der Waals surface area contributed by atoms with Gasteiger partial charge in [-0.15, -0.1) is 0 Å². The van der Waals surface area contributed by atoms with Gasteiger partial charge < -0.3 is 9.80 Å². The second-order valence-electron chi connectivity index (χ2n) is 9.44. The molecule has 0 radical (unpaired) electrons. The molecule has 0 aliphatic carbocycles. The standard InChI is InChI=1S/C23H36N4O2/c1-5-22(28)24-12-7-9-18-21(24)15-27(18)17(4)8-6-10-23(29)25-13-11-19-20(25)14-26(19)16(2)3/h5-6,10,16-21H,1,7-9,11-15H2,2-4H3/b10-6+. The third-order valence-corrected chi connectivity index (χ3v) is 7.61. The van der Waals surface area contributed by atoms with E-state index in [-0.39, 0.29) is 11.8 Å². The fourth-order valence-electron chi connectivity index (χ4n) is 5.88. The van der Waals surface area contributed by atoms with Gasteiger partial charge in [-0.1, -0.05) is 12.7 Å². The summed E-state index contributed by atoms with van der Waals surface area (Å²) in [5.41, 5.74) is 0. The normalized spacial score (nSPS) is 33.2. The average molecular weight is 401 g/mol. The number of nitrogens with zero attached hydrogens (tertiary/aromatic N) is 4. The minimum atomic E-state index is 0.0634. The summed E-state index contributed by atoms with van der Waals surface area (Å²) in [5, 5.41) is 0. The topological polar surface area (TPSA) is 47.1 Å². The molecule has 0 aromatic rings. The summed E-state index contributed by atoms with van der Waals surface area (Å²) in [6.45, 7) is 14.1. The first kappa shape index (κ1) is 20.6. The molecule has 4 heterocycles. The highest BCUT2D eigenvalue weighted by atomic mass is 16.2. The van der Waals surface area contributed by atoms with Gasteiger partial charge in [0.25, 0.3) is 0 Å². The smallest absolute Gasteiger partial charge is 0.246 e. The molecule has 160 valence electrons. The van der Waals surface area contributed by atoms with E-state index < -0.39 is 0 Å². The van der Waals surface area contributed by atoms with Crippen LogP contribution >= 0.6 is 0 Å². The Balaban J connectivity index is 1.25. The van der Waals surface area contributed by atoms with E-state index in [1.165, 1.54) is 6.08 Å². The summed E-state index contributed by atoms with van der Waals surface area (Å²) in [5.74, 6) is 0.239. The van der Waals surface area contributed by atoms with Gasteiger partial charge in [0.05, 0.1) is 12.1 Å². The molecule has 0 aromatic carbocycles. The molecule has 5 atom stereocenters. The lowest BCUT2D eigenvalue weighted by atomic mass is 9.84. The van der Waals surface area contributed by atoms with Gasteiger partial charge in [0.15, 0.2) is 0 Å². The summed E-state index contributed by atoms with van der Waals surface area (Å²) in [6.07, 6.45) is 9.49. The molecule has 6 heteroatoms. The van der Waals surface area contributed by atoms with E-state index in [0.29, 0.717) is 36.3 Å². The van der Waals surface area contributed by atoms with Gasteiger partial charge in [-0.25, -0.2) is 0 Å². The van der Waals surface area contributed by atoms with Gasteiger partial charge >= 0.3 is 0 Å². The predicted molar refractivity (Wildman–Crippen MR) is 114 cm³/mol. The van der Waals surface area contributed by atoms with Crippen molar-refractivity contribution in [3.05, 3.63) is 24.8 Å². The molecule has 0 bridgehead atoms. The fourth-order valence-corrected chi connectivity index (χ4v) is 5.88. The van der Waals surface area contributed by atoms with Crippen LogP contribution in [0.4, 0.5) is 0 Å². The summed E-state index contributed by atoms with van der Waals surface area (Å²) in [7, 11) is 0. The Morgan fingerprint density at radius 1 is 0.931 bits per heavy atom. The quantitative estimate of drug-likeness (QED) is 0.639. The Morgan fingerprint density at radius 3 is 2.28 bits per heavy atom. The SMILES string of the molecule is C=CC(=O)N1CCCC2C1CN2C(C)C/C=C/C(=O)N1CCC2C1CN2C(C)C. The Hall–Kier alpha value is -1.66. The first-order valence-corrected chi connectivity index (χ1v) is 11.3. The van der Waals surface area contributed by atoms with Crippen molar-refractivity contribution in [2.24, 2.45) is 0 Å². The molecule has 4 rings (SSSR count). The number of rotatable bonds is 6. The van der Waals surface area contributed by atoms with Gasteiger partial charge in [-0.05, 0) is 58.6 Å². The number of carbonyl (C=O) groups is 2. The van der Waals surface area contributed by atoms with Crippen LogP contribution in [0, 0.1) is 0 Å². The van der Waals surface area contributed by atoms with Crippen LogP contribution in [0.25, 0.3) is 0 Å². The largest absolute Gasteiger partial charge is 0.333 e. The molecule has 4 aliphatic heterocycles. The van der Waals surface area contributed by atoms with Crippen molar-refractivity contribution in [2.45, 2.75) is 82.7 Å². The Labute approximate surface area is 175 Å². The molecule has 29 heavy (non-hydrogen) atoms. The maximum atomic E-state index is 12.7. The van der Waals surface area contributed by atoms with E-state index >= 15 is 0 Å². The van der Waals surface area contributed by atoms with Crippen LogP contribution in [-0.4, -0.2) is 93.8 Å². The second kappa shape index (κ2) is 8.23. The molecule has 4 aliphatic rings. The number of hydrogen-bond donors (Lipinski definition) is 0. The van der Waals surface area contributed by atoms with Crippen LogP contribution < -0.4 is 0 Å². The Morgan fingerprint density at radius 2 is 1.59 bits per heavy atom. The van der Waals surface area contributed by atoms with Crippen molar-refractivity contribution in [3.8, 4) is 0 Å². The van der Waals surface area contributed by atoms with Crippen molar-refractivity contribution >= 4 is 11.8 Å². The highest BCUT2D eigenvalue weighted by Crippen LogP contribution is 2.35. The van der Waals surface area contributed by atoms with Crippen molar-refractivity contribution in [3.63, 3.8) is 0 Å². The number of likely N-dealkylation sites (tertiary alicyclic amines) is 4. The van der Waals surface area contributed by atoms with Crippen molar-refractivity contribution in [1.29, 1.82) is 0 Å². The first-order valence-electron chi connectivity index (χ1n) is 11.3. The van der Waals surface area contributed by atoms with Crippen molar-refractivity contribution in [1.82, 2.24) is 19.6 Å². The maximum Gasteiger partial charge on any atom is 0.246 e. The van der Waals surface area contributed by atoms with Gasteiger partial charge in [0, 0.05) is 50.3 Å². The summed E-state index contributed by atoms with van der Waals surface area (Å²) in [6, 6.07) is 2.75. The van der Waals surface area contributed by atoms with E-state index in [1.807, 2.05) is 4.90 Å². The van der Waals surface area contributed by atoms with Crippen LogP contribution in [0.3, 0.4) is 0 Å². The Kier molecular flexibility index (Phi) is 5.85. The van der Waals surface area contributed by atoms with Crippen LogP contribution in [0.2, 0.25) is 0 Å². The molecule has 0 spiro atoms. The van der Waals surface area contributed by atoms with Crippen LogP contribution in [-0.2, 0) is 9.59 Å². The first-order chi connectivity index (χ1) is 13.9. The molecule has 2 amide bonds. The number of amides is 2. The van der Waals surface area contributed by atoms with Crippen LogP contribution in [0.5, 0.6) is 0 Å². The zero-order chi connectivity index (χ0) is 20.7. The third kappa shape index (κ3) is 3.66. The zero-order valence-corrected chi connectivity index (χ0v) is 18.2. The number of piperidine rings is 1. The van der Waals surface area contributed by atoms with Gasteiger partial charge in [-0.2, -0.15) is 0 Å². The molecule has 4 saturated heterocycles. The lowest BCUT2D eigenvalue weighted by Gasteiger charge is -2.57. The average Bonchev–Trinajstić information content (AvgIpc) is 2.97. The number of carbonyl (C=O) groups excluding carboxylic acids is 2. The Bertz CT molecular complexity index is 690. The fraction of sp³-hybridized carbons (Fsp3) is 0.739. The van der Waals surface area contributed by atoms with Crippen LogP contribution in [0.1, 0.15) is 46.5 Å². The summed E-state index contributed by atoms with van der Waals surface area (Å²) < 4.78 is 0. The molecule has 4 fully saturated rings. The minimum Gasteiger partial charge on any atom is -0.333 e. The van der Waals surface area contributed by atoms with Gasteiger partial charge in [-0.3, -0.25) is 19.4 Å².